The SMILES string of the molecule is O=C(O)c1cn(C2CCC2)c2ncc(F)cc2c1=O. The van der Waals surface area contributed by atoms with Crippen LogP contribution in [0.25, 0.3) is 11.0 Å². The largest absolute Gasteiger partial charge is 0.477 e. The monoisotopic (exact) mass is 262 g/mol. The molecule has 0 atom stereocenters. The third-order valence-corrected chi connectivity index (χ3v) is 3.53. The van der Waals surface area contributed by atoms with Crippen molar-refractivity contribution in [2.24, 2.45) is 0 Å². The Morgan fingerprint density at radius 3 is 2.79 bits per heavy atom. The molecule has 1 aliphatic carbocycles. The van der Waals surface area contributed by atoms with Crippen LogP contribution in [0.4, 0.5) is 4.39 Å². The Morgan fingerprint density at radius 1 is 1.47 bits per heavy atom. The van der Waals surface area contributed by atoms with Crippen LogP contribution in [-0.4, -0.2) is 20.6 Å². The maximum absolute atomic E-state index is 13.2. The lowest BCUT2D eigenvalue weighted by Crippen LogP contribution is -2.24. The predicted molar refractivity (Wildman–Crippen MR) is 65.8 cm³/mol. The van der Waals surface area contributed by atoms with Crippen LogP contribution >= 0.6 is 0 Å². The van der Waals surface area contributed by atoms with Crippen LogP contribution in [0.3, 0.4) is 0 Å². The summed E-state index contributed by atoms with van der Waals surface area (Å²) >= 11 is 0. The standard InChI is InChI=1S/C13H11FN2O3/c14-7-4-9-11(17)10(13(18)19)6-16(8-2-1-3-8)12(9)15-5-7/h4-6,8H,1-3H2,(H,18,19). The molecule has 2 aromatic heterocycles. The molecule has 5 nitrogen and oxygen atoms in total. The molecule has 2 heterocycles. The van der Waals surface area contributed by atoms with Gasteiger partial charge in [-0.3, -0.25) is 4.79 Å². The zero-order valence-electron chi connectivity index (χ0n) is 9.97. The van der Waals surface area contributed by atoms with E-state index in [1.165, 1.54) is 6.20 Å². The minimum atomic E-state index is -1.30. The summed E-state index contributed by atoms with van der Waals surface area (Å²) in [6.07, 6.45) is 5.24. The van der Waals surface area contributed by atoms with Crippen LogP contribution < -0.4 is 5.43 Å². The zero-order valence-corrected chi connectivity index (χ0v) is 9.97. The quantitative estimate of drug-likeness (QED) is 0.897. The van der Waals surface area contributed by atoms with E-state index < -0.39 is 17.2 Å². The summed E-state index contributed by atoms with van der Waals surface area (Å²) < 4.78 is 14.9. The minimum absolute atomic E-state index is 0.0202. The number of carboxylic acids is 1. The summed E-state index contributed by atoms with van der Waals surface area (Å²) in [4.78, 5) is 27.0. The van der Waals surface area contributed by atoms with Gasteiger partial charge in [-0.15, -0.1) is 0 Å². The fourth-order valence-electron chi connectivity index (χ4n) is 2.30. The van der Waals surface area contributed by atoms with Crippen molar-refractivity contribution >= 4 is 17.0 Å². The van der Waals surface area contributed by atoms with Gasteiger partial charge < -0.3 is 9.67 Å². The second-order valence-corrected chi connectivity index (χ2v) is 4.69. The average Bonchev–Trinajstić information content (AvgIpc) is 2.30. The Bertz CT molecular complexity index is 734. The van der Waals surface area contributed by atoms with Gasteiger partial charge in [-0.05, 0) is 25.3 Å². The third kappa shape index (κ3) is 1.80. The third-order valence-electron chi connectivity index (χ3n) is 3.53. The van der Waals surface area contributed by atoms with E-state index >= 15 is 0 Å². The summed E-state index contributed by atoms with van der Waals surface area (Å²) in [5, 5.41) is 9.08. The first-order valence-electron chi connectivity index (χ1n) is 6.01. The highest BCUT2D eigenvalue weighted by molar-refractivity contribution is 5.91. The number of hydrogen-bond donors (Lipinski definition) is 1. The first kappa shape index (κ1) is 11.8. The van der Waals surface area contributed by atoms with Gasteiger partial charge >= 0.3 is 5.97 Å². The molecule has 1 saturated carbocycles. The van der Waals surface area contributed by atoms with Crippen LogP contribution in [0.2, 0.25) is 0 Å². The van der Waals surface area contributed by atoms with E-state index in [9.17, 15) is 14.0 Å². The van der Waals surface area contributed by atoms with Gasteiger partial charge in [-0.2, -0.15) is 0 Å². The normalized spacial score (nSPS) is 15.4. The summed E-state index contributed by atoms with van der Waals surface area (Å²) in [6.45, 7) is 0. The number of nitrogens with zero attached hydrogens (tertiary/aromatic N) is 2. The molecule has 0 bridgehead atoms. The lowest BCUT2D eigenvalue weighted by Gasteiger charge is -2.29. The molecule has 0 unspecified atom stereocenters. The Morgan fingerprint density at radius 2 is 2.21 bits per heavy atom. The van der Waals surface area contributed by atoms with E-state index in [1.807, 2.05) is 0 Å². The molecule has 19 heavy (non-hydrogen) atoms. The van der Waals surface area contributed by atoms with E-state index in [1.54, 1.807) is 4.57 Å². The fourth-order valence-corrected chi connectivity index (χ4v) is 2.30. The van der Waals surface area contributed by atoms with E-state index in [4.69, 9.17) is 5.11 Å². The van der Waals surface area contributed by atoms with Crippen molar-refractivity contribution in [2.45, 2.75) is 25.3 Å². The van der Waals surface area contributed by atoms with Crippen LogP contribution in [-0.2, 0) is 0 Å². The molecule has 1 aliphatic rings. The molecule has 0 saturated heterocycles. The van der Waals surface area contributed by atoms with E-state index in [0.29, 0.717) is 5.65 Å². The first-order valence-corrected chi connectivity index (χ1v) is 6.01. The number of fused-ring (bicyclic) bond motifs is 1. The van der Waals surface area contributed by atoms with Crippen molar-refractivity contribution in [1.82, 2.24) is 9.55 Å². The number of carbonyl (C=O) groups is 1. The second-order valence-electron chi connectivity index (χ2n) is 4.69. The molecule has 2 aromatic rings. The van der Waals surface area contributed by atoms with Gasteiger partial charge in [-0.25, -0.2) is 14.2 Å². The van der Waals surface area contributed by atoms with Crippen molar-refractivity contribution in [3.8, 4) is 0 Å². The molecule has 0 radical (unpaired) electrons. The van der Waals surface area contributed by atoms with Crippen molar-refractivity contribution in [3.63, 3.8) is 0 Å². The Labute approximate surface area is 107 Å². The second kappa shape index (κ2) is 4.15. The smallest absolute Gasteiger partial charge is 0.341 e. The minimum Gasteiger partial charge on any atom is -0.477 e. The number of halogens is 1. The fraction of sp³-hybridized carbons (Fsp3) is 0.308. The molecule has 3 rings (SSSR count). The molecule has 0 amide bonds. The highest BCUT2D eigenvalue weighted by Gasteiger charge is 2.24. The van der Waals surface area contributed by atoms with Crippen LogP contribution in [0, 0.1) is 5.82 Å². The maximum atomic E-state index is 13.2. The van der Waals surface area contributed by atoms with Gasteiger partial charge in [0.1, 0.15) is 17.0 Å². The average molecular weight is 262 g/mol. The molecule has 98 valence electrons. The topological polar surface area (TPSA) is 72.2 Å². The summed E-state index contributed by atoms with van der Waals surface area (Å²) in [6, 6.07) is 1.19. The number of aromatic carboxylic acids is 1. The number of aromatic nitrogens is 2. The maximum Gasteiger partial charge on any atom is 0.341 e. The number of rotatable bonds is 2. The lowest BCUT2D eigenvalue weighted by molar-refractivity contribution is 0.0694. The molecule has 1 N–H and O–H groups in total. The summed E-state index contributed by atoms with van der Waals surface area (Å²) in [7, 11) is 0. The summed E-state index contributed by atoms with van der Waals surface area (Å²) in [5.74, 6) is -1.95. The van der Waals surface area contributed by atoms with Gasteiger partial charge in [-0.1, -0.05) is 0 Å². The first-order chi connectivity index (χ1) is 9.08. The van der Waals surface area contributed by atoms with Crippen LogP contribution in [0.15, 0.2) is 23.3 Å². The van der Waals surface area contributed by atoms with Gasteiger partial charge in [0.15, 0.2) is 0 Å². The van der Waals surface area contributed by atoms with E-state index in [2.05, 4.69) is 4.98 Å². The Hall–Kier alpha value is -2.24. The molecular formula is C13H11FN2O3. The van der Waals surface area contributed by atoms with Gasteiger partial charge in [0.05, 0.1) is 11.6 Å². The van der Waals surface area contributed by atoms with Crippen LogP contribution in [0.5, 0.6) is 0 Å². The van der Waals surface area contributed by atoms with Crippen LogP contribution in [0.1, 0.15) is 35.7 Å². The molecule has 0 spiro atoms. The Balaban J connectivity index is 2.37. The number of pyridine rings is 2. The highest BCUT2D eigenvalue weighted by Crippen LogP contribution is 2.33. The Kier molecular flexibility index (Phi) is 2.58. The van der Waals surface area contributed by atoms with Crippen molar-refractivity contribution < 1.29 is 14.3 Å². The molecule has 1 fully saturated rings. The van der Waals surface area contributed by atoms with E-state index in [-0.39, 0.29) is 17.0 Å². The van der Waals surface area contributed by atoms with Crippen molar-refractivity contribution in [1.29, 1.82) is 0 Å². The molecule has 0 aromatic carbocycles. The summed E-state index contributed by atoms with van der Waals surface area (Å²) in [5.41, 5.74) is -0.682. The zero-order chi connectivity index (χ0) is 13.6. The van der Waals surface area contributed by atoms with Crippen molar-refractivity contribution in [2.75, 3.05) is 0 Å². The highest BCUT2D eigenvalue weighted by atomic mass is 19.1. The predicted octanol–water partition coefficient (Wildman–Crippen LogP) is 1.96. The molecular weight excluding hydrogens is 251 g/mol. The van der Waals surface area contributed by atoms with E-state index in [0.717, 1.165) is 31.5 Å². The number of carboxylic acid groups (broad SMARTS) is 1. The van der Waals surface area contributed by atoms with Gasteiger partial charge in [0.2, 0.25) is 5.43 Å². The van der Waals surface area contributed by atoms with Gasteiger partial charge in [0.25, 0.3) is 0 Å². The number of hydrogen-bond acceptors (Lipinski definition) is 3. The lowest BCUT2D eigenvalue weighted by atomic mass is 9.92. The van der Waals surface area contributed by atoms with Crippen molar-refractivity contribution in [3.05, 3.63) is 40.1 Å². The molecule has 0 aliphatic heterocycles. The molecule has 6 heteroatoms. The van der Waals surface area contributed by atoms with Gasteiger partial charge in [0, 0.05) is 12.2 Å².